The van der Waals surface area contributed by atoms with E-state index in [1.54, 1.807) is 6.26 Å². The van der Waals surface area contributed by atoms with Gasteiger partial charge >= 0.3 is 0 Å². The molecular formula is C11H9NOS2. The molecule has 3 rings (SSSR count). The standard InChI is InChI=1S/C11H9NOS2/c1-15(13)11-7-9-5-3-2-4-8(9)6-10(11)14-12-15/h2-7H,1H3. The molecule has 1 aliphatic rings. The third-order valence-corrected chi connectivity index (χ3v) is 5.75. The molecule has 1 aliphatic heterocycles. The third-order valence-electron chi connectivity index (χ3n) is 2.50. The van der Waals surface area contributed by atoms with Gasteiger partial charge in [-0.1, -0.05) is 24.3 Å². The molecule has 0 spiro atoms. The van der Waals surface area contributed by atoms with E-state index in [-0.39, 0.29) is 0 Å². The van der Waals surface area contributed by atoms with Gasteiger partial charge in [-0.3, -0.25) is 0 Å². The highest BCUT2D eigenvalue weighted by Gasteiger charge is 2.19. The summed E-state index contributed by atoms with van der Waals surface area (Å²) in [6, 6.07) is 12.2. The van der Waals surface area contributed by atoms with Crippen molar-refractivity contribution in [2.24, 2.45) is 3.77 Å². The maximum absolute atomic E-state index is 12.1. The second-order valence-electron chi connectivity index (χ2n) is 3.61. The van der Waals surface area contributed by atoms with E-state index in [9.17, 15) is 4.21 Å². The van der Waals surface area contributed by atoms with Crippen LogP contribution in [0.3, 0.4) is 0 Å². The molecule has 0 amide bonds. The van der Waals surface area contributed by atoms with Gasteiger partial charge < -0.3 is 0 Å². The Morgan fingerprint density at radius 2 is 1.87 bits per heavy atom. The fourth-order valence-corrected chi connectivity index (χ4v) is 4.61. The van der Waals surface area contributed by atoms with Crippen LogP contribution in [-0.2, 0) is 9.73 Å². The number of hydrogen-bond donors (Lipinski definition) is 0. The van der Waals surface area contributed by atoms with Crippen LogP contribution in [0.15, 0.2) is 50.0 Å². The van der Waals surface area contributed by atoms with Crippen LogP contribution in [0.25, 0.3) is 10.8 Å². The molecule has 4 heteroatoms. The summed E-state index contributed by atoms with van der Waals surface area (Å²) in [6.45, 7) is 0. The molecule has 76 valence electrons. The van der Waals surface area contributed by atoms with Gasteiger partial charge in [0, 0.05) is 23.1 Å². The minimum Gasteiger partial charge on any atom is -0.244 e. The lowest BCUT2D eigenvalue weighted by Gasteiger charge is -2.02. The lowest BCUT2D eigenvalue weighted by atomic mass is 10.1. The number of nitrogens with zero attached hydrogens (tertiary/aromatic N) is 1. The van der Waals surface area contributed by atoms with E-state index in [0.717, 1.165) is 15.2 Å². The average molecular weight is 235 g/mol. The van der Waals surface area contributed by atoms with Gasteiger partial charge in [0.2, 0.25) is 0 Å². The van der Waals surface area contributed by atoms with Crippen LogP contribution in [0.1, 0.15) is 0 Å². The van der Waals surface area contributed by atoms with Gasteiger partial charge in [-0.2, -0.15) is 3.77 Å². The Bertz CT molecular complexity index is 669. The summed E-state index contributed by atoms with van der Waals surface area (Å²) in [4.78, 5) is 1.91. The number of hydrogen-bond acceptors (Lipinski definition) is 3. The molecule has 1 atom stereocenters. The van der Waals surface area contributed by atoms with E-state index in [1.807, 2.05) is 24.3 Å². The summed E-state index contributed by atoms with van der Waals surface area (Å²) < 4.78 is 16.2. The Morgan fingerprint density at radius 3 is 2.60 bits per heavy atom. The molecule has 2 aromatic carbocycles. The van der Waals surface area contributed by atoms with Crippen molar-refractivity contribution in [3.8, 4) is 0 Å². The molecule has 2 nitrogen and oxygen atoms in total. The van der Waals surface area contributed by atoms with Crippen LogP contribution in [0, 0.1) is 0 Å². The smallest absolute Gasteiger partial charge is 0.0848 e. The summed E-state index contributed by atoms with van der Waals surface area (Å²) >= 11 is 1.34. The SMILES string of the molecule is CS1(=O)=NSc2cc3ccccc3cc21. The fourth-order valence-electron chi connectivity index (χ4n) is 1.72. The molecule has 0 bridgehead atoms. The lowest BCUT2D eigenvalue weighted by molar-refractivity contribution is 0.681. The van der Waals surface area contributed by atoms with Gasteiger partial charge in [0.25, 0.3) is 0 Å². The molecule has 0 N–H and O–H groups in total. The van der Waals surface area contributed by atoms with Crippen molar-refractivity contribution in [1.29, 1.82) is 0 Å². The van der Waals surface area contributed by atoms with Crippen molar-refractivity contribution in [1.82, 2.24) is 0 Å². The molecule has 1 heterocycles. The second-order valence-corrected chi connectivity index (χ2v) is 6.88. The van der Waals surface area contributed by atoms with Crippen LogP contribution in [0.2, 0.25) is 0 Å². The molecule has 0 aromatic heterocycles. The predicted octanol–water partition coefficient (Wildman–Crippen LogP) is 3.32. The first-order valence-corrected chi connectivity index (χ1v) is 7.28. The number of fused-ring (bicyclic) bond motifs is 2. The normalized spacial score (nSPS) is 23.8. The molecular weight excluding hydrogens is 226 g/mol. The van der Waals surface area contributed by atoms with E-state index < -0.39 is 9.73 Å². The molecule has 0 radical (unpaired) electrons. The zero-order valence-corrected chi connectivity index (χ0v) is 9.77. The molecule has 1 unspecified atom stereocenters. The third kappa shape index (κ3) is 1.36. The Balaban J connectivity index is 2.43. The largest absolute Gasteiger partial charge is 0.244 e. The van der Waals surface area contributed by atoms with Gasteiger partial charge in [0.1, 0.15) is 0 Å². The van der Waals surface area contributed by atoms with Gasteiger partial charge in [-0.25, -0.2) is 4.21 Å². The highest BCUT2D eigenvalue weighted by molar-refractivity contribution is 8.09. The van der Waals surface area contributed by atoms with Crippen LogP contribution in [0.4, 0.5) is 0 Å². The zero-order chi connectivity index (χ0) is 10.5. The molecule has 0 fully saturated rings. The predicted molar refractivity (Wildman–Crippen MR) is 64.6 cm³/mol. The molecule has 0 aliphatic carbocycles. The van der Waals surface area contributed by atoms with E-state index in [2.05, 4.69) is 15.9 Å². The van der Waals surface area contributed by atoms with Crippen molar-refractivity contribution in [3.05, 3.63) is 36.4 Å². The summed E-state index contributed by atoms with van der Waals surface area (Å²) in [5, 5.41) is 2.31. The molecule has 15 heavy (non-hydrogen) atoms. The maximum Gasteiger partial charge on any atom is 0.0848 e. The Hall–Kier alpha value is -1.00. The minimum absolute atomic E-state index is 0.881. The van der Waals surface area contributed by atoms with E-state index >= 15 is 0 Å². The summed E-state index contributed by atoms with van der Waals surface area (Å²) in [5.41, 5.74) is 0. The van der Waals surface area contributed by atoms with Crippen LogP contribution < -0.4 is 0 Å². The Morgan fingerprint density at radius 1 is 1.20 bits per heavy atom. The monoisotopic (exact) mass is 235 g/mol. The maximum atomic E-state index is 12.1. The van der Waals surface area contributed by atoms with E-state index in [4.69, 9.17) is 0 Å². The van der Waals surface area contributed by atoms with Gasteiger partial charge in [-0.05, 0) is 22.9 Å². The number of rotatable bonds is 0. The first kappa shape index (κ1) is 9.24. The second kappa shape index (κ2) is 3.00. The first-order chi connectivity index (χ1) is 7.17. The van der Waals surface area contributed by atoms with Crippen LogP contribution >= 0.6 is 11.9 Å². The van der Waals surface area contributed by atoms with Crippen molar-refractivity contribution in [2.75, 3.05) is 6.26 Å². The topological polar surface area (TPSA) is 29.4 Å². The van der Waals surface area contributed by atoms with Gasteiger partial charge in [0.15, 0.2) is 0 Å². The van der Waals surface area contributed by atoms with E-state index in [0.29, 0.717) is 0 Å². The fraction of sp³-hybridized carbons (Fsp3) is 0.0909. The van der Waals surface area contributed by atoms with Crippen LogP contribution in [-0.4, -0.2) is 10.5 Å². The van der Waals surface area contributed by atoms with Gasteiger partial charge in [-0.15, -0.1) is 0 Å². The van der Waals surface area contributed by atoms with Gasteiger partial charge in [0.05, 0.1) is 14.6 Å². The Labute approximate surface area is 93.0 Å². The zero-order valence-electron chi connectivity index (χ0n) is 8.14. The summed E-state index contributed by atoms with van der Waals surface area (Å²) in [5.74, 6) is 0. The molecule has 0 saturated carbocycles. The highest BCUT2D eigenvalue weighted by atomic mass is 32.2. The van der Waals surface area contributed by atoms with Crippen LogP contribution in [0.5, 0.6) is 0 Å². The van der Waals surface area contributed by atoms with Crippen molar-refractivity contribution < 1.29 is 4.21 Å². The Kier molecular flexibility index (Phi) is 1.85. The highest BCUT2D eigenvalue weighted by Crippen LogP contribution is 2.39. The summed E-state index contributed by atoms with van der Waals surface area (Å²) in [6.07, 6.45) is 1.70. The average Bonchev–Trinajstić information content (AvgIpc) is 2.52. The minimum atomic E-state index is -2.16. The summed E-state index contributed by atoms with van der Waals surface area (Å²) in [7, 11) is -2.16. The van der Waals surface area contributed by atoms with E-state index in [1.165, 1.54) is 17.3 Å². The lowest BCUT2D eigenvalue weighted by Crippen LogP contribution is -1.93. The molecule has 0 saturated heterocycles. The quantitative estimate of drug-likeness (QED) is 0.655. The van der Waals surface area contributed by atoms with Crippen molar-refractivity contribution in [2.45, 2.75) is 9.79 Å². The van der Waals surface area contributed by atoms with Crippen molar-refractivity contribution in [3.63, 3.8) is 0 Å². The molecule has 2 aromatic rings. The number of benzene rings is 2. The van der Waals surface area contributed by atoms with Crippen molar-refractivity contribution >= 4 is 32.4 Å². The first-order valence-electron chi connectivity index (χ1n) is 4.58.